The Balaban J connectivity index is 2.55. The lowest BCUT2D eigenvalue weighted by molar-refractivity contribution is -0.131. The van der Waals surface area contributed by atoms with Gasteiger partial charge < -0.3 is 15.5 Å². The van der Waals surface area contributed by atoms with Crippen molar-refractivity contribution in [2.45, 2.75) is 13.8 Å². The zero-order valence-corrected chi connectivity index (χ0v) is 11.2. The minimum Gasteiger partial charge on any atom is -0.337 e. The predicted molar refractivity (Wildman–Crippen MR) is 72.7 cm³/mol. The second kappa shape index (κ2) is 6.53. The van der Waals surface area contributed by atoms with E-state index in [9.17, 15) is 14.4 Å². The normalized spacial score (nSPS) is 9.63. The molecular weight excluding hydrogens is 246 g/mol. The summed E-state index contributed by atoms with van der Waals surface area (Å²) in [5.74, 6) is -0.596. The Morgan fingerprint density at radius 2 is 1.47 bits per heavy atom. The summed E-state index contributed by atoms with van der Waals surface area (Å²) in [5.41, 5.74) is 1.27. The van der Waals surface area contributed by atoms with Crippen molar-refractivity contribution in [3.05, 3.63) is 24.3 Å². The number of anilines is 2. The maximum Gasteiger partial charge on any atom is 0.243 e. The van der Waals surface area contributed by atoms with Gasteiger partial charge in [0.15, 0.2) is 0 Å². The van der Waals surface area contributed by atoms with E-state index in [1.807, 2.05) is 0 Å². The van der Waals surface area contributed by atoms with Gasteiger partial charge in [0.1, 0.15) is 0 Å². The van der Waals surface area contributed by atoms with Crippen LogP contribution in [0.2, 0.25) is 0 Å². The molecule has 19 heavy (non-hydrogen) atoms. The van der Waals surface area contributed by atoms with Gasteiger partial charge in [0, 0.05) is 32.3 Å². The molecule has 0 spiro atoms. The third-order valence-corrected chi connectivity index (χ3v) is 2.41. The Labute approximate surface area is 111 Å². The minimum atomic E-state index is -0.273. The van der Waals surface area contributed by atoms with Crippen molar-refractivity contribution in [2.24, 2.45) is 0 Å². The van der Waals surface area contributed by atoms with Gasteiger partial charge in [0.05, 0.1) is 6.54 Å². The number of carbonyl (C=O) groups excluding carboxylic acids is 3. The second-order valence-corrected chi connectivity index (χ2v) is 4.18. The van der Waals surface area contributed by atoms with Crippen molar-refractivity contribution in [3.63, 3.8) is 0 Å². The first kappa shape index (κ1) is 14.7. The molecule has 0 radical (unpaired) electrons. The molecule has 0 aliphatic rings. The summed E-state index contributed by atoms with van der Waals surface area (Å²) >= 11 is 0. The molecule has 0 heterocycles. The standard InChI is InChI=1S/C13H17N3O3/c1-9(17)14-11-4-6-12(7-5-11)15-13(19)8-16(3)10(2)18/h4-7H,8H2,1-3H3,(H,14,17)(H,15,19). The van der Waals surface area contributed by atoms with E-state index in [1.165, 1.54) is 18.7 Å². The van der Waals surface area contributed by atoms with Crippen LogP contribution in [0.15, 0.2) is 24.3 Å². The van der Waals surface area contributed by atoms with Crippen molar-refractivity contribution < 1.29 is 14.4 Å². The number of likely N-dealkylation sites (N-methyl/N-ethyl adjacent to an activating group) is 1. The third-order valence-electron chi connectivity index (χ3n) is 2.41. The summed E-state index contributed by atoms with van der Waals surface area (Å²) < 4.78 is 0. The fraction of sp³-hybridized carbons (Fsp3) is 0.308. The van der Waals surface area contributed by atoms with E-state index in [0.29, 0.717) is 11.4 Å². The largest absolute Gasteiger partial charge is 0.337 e. The zero-order valence-electron chi connectivity index (χ0n) is 11.2. The molecule has 0 saturated carbocycles. The number of nitrogens with one attached hydrogen (secondary N) is 2. The summed E-state index contributed by atoms with van der Waals surface area (Å²) in [6.45, 7) is 2.82. The fourth-order valence-corrected chi connectivity index (χ4v) is 1.37. The summed E-state index contributed by atoms with van der Waals surface area (Å²) in [5, 5.41) is 5.29. The van der Waals surface area contributed by atoms with Crippen LogP contribution in [-0.2, 0) is 14.4 Å². The van der Waals surface area contributed by atoms with Gasteiger partial charge in [-0.15, -0.1) is 0 Å². The molecule has 0 aliphatic heterocycles. The number of carbonyl (C=O) groups is 3. The average molecular weight is 263 g/mol. The fourth-order valence-electron chi connectivity index (χ4n) is 1.37. The van der Waals surface area contributed by atoms with Crippen molar-refractivity contribution in [1.82, 2.24) is 4.90 Å². The molecule has 1 rings (SSSR count). The number of rotatable bonds is 4. The van der Waals surface area contributed by atoms with Gasteiger partial charge in [0.2, 0.25) is 17.7 Å². The number of hydrogen-bond acceptors (Lipinski definition) is 3. The third kappa shape index (κ3) is 5.20. The molecule has 1 aromatic rings. The predicted octanol–water partition coefficient (Wildman–Crippen LogP) is 1.06. The molecule has 0 aliphatic carbocycles. The van der Waals surface area contributed by atoms with Gasteiger partial charge in [0.25, 0.3) is 0 Å². The number of nitrogens with zero attached hydrogens (tertiary/aromatic N) is 1. The van der Waals surface area contributed by atoms with E-state index in [-0.39, 0.29) is 24.3 Å². The van der Waals surface area contributed by atoms with Crippen LogP contribution in [0.5, 0.6) is 0 Å². The van der Waals surface area contributed by atoms with Crippen LogP contribution in [0.4, 0.5) is 11.4 Å². The van der Waals surface area contributed by atoms with Crippen LogP contribution >= 0.6 is 0 Å². The second-order valence-electron chi connectivity index (χ2n) is 4.18. The van der Waals surface area contributed by atoms with E-state index >= 15 is 0 Å². The van der Waals surface area contributed by atoms with Gasteiger partial charge in [-0.1, -0.05) is 0 Å². The first-order valence-electron chi connectivity index (χ1n) is 5.77. The first-order chi connectivity index (χ1) is 8.88. The van der Waals surface area contributed by atoms with Crippen molar-refractivity contribution in [1.29, 1.82) is 0 Å². The molecule has 0 aromatic heterocycles. The molecule has 102 valence electrons. The van der Waals surface area contributed by atoms with Crippen LogP contribution in [0, 0.1) is 0 Å². The Morgan fingerprint density at radius 3 is 1.89 bits per heavy atom. The molecule has 0 bridgehead atoms. The van der Waals surface area contributed by atoms with Crippen LogP contribution in [-0.4, -0.2) is 36.2 Å². The van der Waals surface area contributed by atoms with Crippen molar-refractivity contribution in [2.75, 3.05) is 24.2 Å². The van der Waals surface area contributed by atoms with E-state index in [2.05, 4.69) is 10.6 Å². The highest BCUT2D eigenvalue weighted by molar-refractivity contribution is 5.94. The lowest BCUT2D eigenvalue weighted by Crippen LogP contribution is -2.33. The number of hydrogen-bond donors (Lipinski definition) is 2. The molecule has 6 heteroatoms. The molecule has 0 saturated heterocycles. The lowest BCUT2D eigenvalue weighted by atomic mass is 10.2. The van der Waals surface area contributed by atoms with E-state index in [4.69, 9.17) is 0 Å². The molecule has 0 unspecified atom stereocenters. The summed E-state index contributed by atoms with van der Waals surface area (Å²) in [7, 11) is 1.56. The molecule has 6 nitrogen and oxygen atoms in total. The zero-order chi connectivity index (χ0) is 14.4. The Hall–Kier alpha value is -2.37. The van der Waals surface area contributed by atoms with Crippen molar-refractivity contribution in [3.8, 4) is 0 Å². The molecule has 2 N–H and O–H groups in total. The lowest BCUT2D eigenvalue weighted by Gasteiger charge is -2.14. The average Bonchev–Trinajstić information content (AvgIpc) is 2.30. The monoisotopic (exact) mass is 263 g/mol. The Kier molecular flexibility index (Phi) is 5.05. The highest BCUT2D eigenvalue weighted by Crippen LogP contribution is 2.13. The maximum absolute atomic E-state index is 11.6. The van der Waals surface area contributed by atoms with Gasteiger partial charge in [-0.2, -0.15) is 0 Å². The molecular formula is C13H17N3O3. The van der Waals surface area contributed by atoms with Crippen LogP contribution in [0.1, 0.15) is 13.8 Å². The van der Waals surface area contributed by atoms with E-state index in [1.54, 1.807) is 31.3 Å². The van der Waals surface area contributed by atoms with Gasteiger partial charge in [-0.3, -0.25) is 14.4 Å². The minimum absolute atomic E-state index is 0.00276. The summed E-state index contributed by atoms with van der Waals surface area (Å²) in [6.07, 6.45) is 0. The number of benzene rings is 1. The van der Waals surface area contributed by atoms with Crippen LogP contribution in [0.3, 0.4) is 0 Å². The smallest absolute Gasteiger partial charge is 0.243 e. The highest BCUT2D eigenvalue weighted by atomic mass is 16.2. The quantitative estimate of drug-likeness (QED) is 0.852. The van der Waals surface area contributed by atoms with E-state index < -0.39 is 0 Å². The molecule has 3 amide bonds. The van der Waals surface area contributed by atoms with Gasteiger partial charge in [-0.25, -0.2) is 0 Å². The van der Waals surface area contributed by atoms with Gasteiger partial charge in [-0.05, 0) is 24.3 Å². The molecule has 1 aromatic carbocycles. The number of amides is 3. The van der Waals surface area contributed by atoms with Crippen molar-refractivity contribution >= 4 is 29.1 Å². The van der Waals surface area contributed by atoms with Gasteiger partial charge >= 0.3 is 0 Å². The molecule has 0 atom stereocenters. The van der Waals surface area contributed by atoms with Crippen LogP contribution < -0.4 is 10.6 Å². The SMILES string of the molecule is CC(=O)Nc1ccc(NC(=O)CN(C)C(C)=O)cc1. The summed E-state index contributed by atoms with van der Waals surface area (Å²) in [6, 6.07) is 6.73. The Bertz CT molecular complexity index is 482. The topological polar surface area (TPSA) is 78.5 Å². The van der Waals surface area contributed by atoms with E-state index in [0.717, 1.165) is 0 Å². The van der Waals surface area contributed by atoms with Crippen LogP contribution in [0.25, 0.3) is 0 Å². The maximum atomic E-state index is 11.6. The summed E-state index contributed by atoms with van der Waals surface area (Å²) in [4.78, 5) is 34.8. The first-order valence-corrected chi connectivity index (χ1v) is 5.77. The highest BCUT2D eigenvalue weighted by Gasteiger charge is 2.08. The Morgan fingerprint density at radius 1 is 1.00 bits per heavy atom. The molecule has 0 fully saturated rings.